The van der Waals surface area contributed by atoms with Crippen LogP contribution < -0.4 is 4.74 Å². The highest BCUT2D eigenvalue weighted by atomic mass is 32.1. The highest BCUT2D eigenvalue weighted by Gasteiger charge is 2.05. The second-order valence-electron chi connectivity index (χ2n) is 4.28. The van der Waals surface area contributed by atoms with E-state index in [9.17, 15) is 0 Å². The van der Waals surface area contributed by atoms with Gasteiger partial charge in [0.15, 0.2) is 0 Å². The molecule has 0 aliphatic rings. The van der Waals surface area contributed by atoms with Gasteiger partial charge in [-0.05, 0) is 49.2 Å². The number of aryl methyl sites for hydroxylation is 2. The summed E-state index contributed by atoms with van der Waals surface area (Å²) in [4.78, 5) is 4.62. The largest absolute Gasteiger partial charge is 0.496 e. The highest BCUT2D eigenvalue weighted by Crippen LogP contribution is 2.25. The number of ether oxygens (including phenoxy) is 1. The quantitative estimate of drug-likeness (QED) is 0.847. The number of thiol groups is 1. The molecule has 3 heteroatoms. The van der Waals surface area contributed by atoms with Crippen molar-refractivity contribution in [3.05, 3.63) is 47.2 Å². The number of hydrogen-bond acceptors (Lipinski definition) is 3. The van der Waals surface area contributed by atoms with Crippen LogP contribution in [0.1, 0.15) is 16.8 Å². The SMILES string of the molecule is COc1ccc(-c2ccc(CS)c(C)n2)cc1C. The Hall–Kier alpha value is -1.48. The van der Waals surface area contributed by atoms with Crippen LogP contribution in [0, 0.1) is 13.8 Å². The molecule has 0 fully saturated rings. The van der Waals surface area contributed by atoms with Crippen LogP contribution in [0.5, 0.6) is 5.75 Å². The molecule has 1 heterocycles. The molecule has 0 aliphatic carbocycles. The number of nitrogens with zero attached hydrogens (tertiary/aromatic N) is 1. The van der Waals surface area contributed by atoms with Crippen molar-refractivity contribution < 1.29 is 4.74 Å². The third kappa shape index (κ3) is 2.51. The van der Waals surface area contributed by atoms with Gasteiger partial charge in [-0.1, -0.05) is 6.07 Å². The Morgan fingerprint density at radius 1 is 1.17 bits per heavy atom. The molecule has 0 radical (unpaired) electrons. The maximum atomic E-state index is 5.27. The third-order valence-corrected chi connectivity index (χ3v) is 3.40. The predicted molar refractivity (Wildman–Crippen MR) is 78.4 cm³/mol. The Kier molecular flexibility index (Phi) is 3.92. The van der Waals surface area contributed by atoms with Gasteiger partial charge < -0.3 is 4.74 Å². The van der Waals surface area contributed by atoms with Crippen molar-refractivity contribution >= 4 is 12.6 Å². The number of aromatic nitrogens is 1. The normalized spacial score (nSPS) is 10.4. The molecule has 0 aliphatic heterocycles. The Balaban J connectivity index is 2.42. The standard InChI is InChI=1S/C15H17NOS/c1-10-8-12(5-7-15(10)17-3)14-6-4-13(9-18)11(2)16-14/h4-8,18H,9H2,1-3H3. The maximum Gasteiger partial charge on any atom is 0.121 e. The summed E-state index contributed by atoms with van der Waals surface area (Å²) in [7, 11) is 1.69. The molecule has 0 bridgehead atoms. The van der Waals surface area contributed by atoms with Crippen LogP contribution in [-0.2, 0) is 5.75 Å². The molecule has 0 atom stereocenters. The minimum absolute atomic E-state index is 0.723. The summed E-state index contributed by atoms with van der Waals surface area (Å²) in [5.74, 6) is 1.63. The van der Waals surface area contributed by atoms with Crippen LogP contribution in [0.4, 0.5) is 0 Å². The molecule has 0 spiro atoms. The lowest BCUT2D eigenvalue weighted by Crippen LogP contribution is -1.93. The Bertz CT molecular complexity index is 515. The molecule has 0 unspecified atom stereocenters. The van der Waals surface area contributed by atoms with Gasteiger partial charge >= 0.3 is 0 Å². The summed E-state index contributed by atoms with van der Waals surface area (Å²) in [5.41, 5.74) is 5.43. The predicted octanol–water partition coefficient (Wildman–Crippen LogP) is 3.80. The Morgan fingerprint density at radius 2 is 1.94 bits per heavy atom. The molecule has 1 aromatic carbocycles. The lowest BCUT2D eigenvalue weighted by molar-refractivity contribution is 0.412. The van der Waals surface area contributed by atoms with Crippen molar-refractivity contribution in [1.82, 2.24) is 4.98 Å². The zero-order valence-corrected chi connectivity index (χ0v) is 11.8. The van der Waals surface area contributed by atoms with E-state index in [0.29, 0.717) is 0 Å². The van der Waals surface area contributed by atoms with Gasteiger partial charge in [-0.2, -0.15) is 12.6 Å². The molecule has 2 aromatic rings. The van der Waals surface area contributed by atoms with Crippen LogP contribution in [0.2, 0.25) is 0 Å². The van der Waals surface area contributed by atoms with Gasteiger partial charge in [0.1, 0.15) is 5.75 Å². The van der Waals surface area contributed by atoms with Gasteiger partial charge in [0.05, 0.1) is 12.8 Å². The summed E-state index contributed by atoms with van der Waals surface area (Å²) >= 11 is 4.29. The number of pyridine rings is 1. The topological polar surface area (TPSA) is 22.1 Å². The Morgan fingerprint density at radius 3 is 2.50 bits per heavy atom. The van der Waals surface area contributed by atoms with Crippen molar-refractivity contribution in [2.24, 2.45) is 0 Å². The van der Waals surface area contributed by atoms with Gasteiger partial charge in [-0.25, -0.2) is 0 Å². The minimum Gasteiger partial charge on any atom is -0.496 e. The van der Waals surface area contributed by atoms with Crippen molar-refractivity contribution in [2.75, 3.05) is 7.11 Å². The van der Waals surface area contributed by atoms with E-state index in [1.54, 1.807) is 7.11 Å². The lowest BCUT2D eigenvalue weighted by atomic mass is 10.1. The van der Waals surface area contributed by atoms with Gasteiger partial charge in [0, 0.05) is 17.0 Å². The molecule has 18 heavy (non-hydrogen) atoms. The molecule has 2 rings (SSSR count). The first kappa shape index (κ1) is 13.0. The van der Waals surface area contributed by atoms with E-state index >= 15 is 0 Å². The first-order valence-corrected chi connectivity index (χ1v) is 6.51. The summed E-state index contributed by atoms with van der Waals surface area (Å²) in [6.07, 6.45) is 0. The molecule has 0 amide bonds. The van der Waals surface area contributed by atoms with Crippen LogP contribution in [0.15, 0.2) is 30.3 Å². The molecule has 94 valence electrons. The molecule has 0 saturated carbocycles. The monoisotopic (exact) mass is 259 g/mol. The molecule has 0 saturated heterocycles. The van der Waals surface area contributed by atoms with Gasteiger partial charge in [-0.15, -0.1) is 0 Å². The highest BCUT2D eigenvalue weighted by molar-refractivity contribution is 7.79. The van der Waals surface area contributed by atoms with Crippen molar-refractivity contribution in [2.45, 2.75) is 19.6 Å². The van der Waals surface area contributed by atoms with Crippen molar-refractivity contribution in [3.8, 4) is 17.0 Å². The smallest absolute Gasteiger partial charge is 0.121 e. The third-order valence-electron chi connectivity index (χ3n) is 3.06. The first-order chi connectivity index (χ1) is 8.65. The number of benzene rings is 1. The lowest BCUT2D eigenvalue weighted by Gasteiger charge is -2.09. The van der Waals surface area contributed by atoms with E-state index in [1.165, 1.54) is 5.56 Å². The second kappa shape index (κ2) is 5.44. The van der Waals surface area contributed by atoms with E-state index < -0.39 is 0 Å². The minimum atomic E-state index is 0.723. The van der Waals surface area contributed by atoms with E-state index in [1.807, 2.05) is 32.0 Å². The van der Waals surface area contributed by atoms with E-state index in [2.05, 4.69) is 29.7 Å². The molecular formula is C15H17NOS. The number of rotatable bonds is 3. The van der Waals surface area contributed by atoms with Crippen molar-refractivity contribution in [3.63, 3.8) is 0 Å². The average Bonchev–Trinajstić information content (AvgIpc) is 2.38. The Labute approximate surface area is 113 Å². The molecular weight excluding hydrogens is 242 g/mol. The van der Waals surface area contributed by atoms with E-state index in [-0.39, 0.29) is 0 Å². The second-order valence-corrected chi connectivity index (χ2v) is 4.60. The fourth-order valence-corrected chi connectivity index (χ4v) is 2.29. The maximum absolute atomic E-state index is 5.27. The summed E-state index contributed by atoms with van der Waals surface area (Å²) in [6.45, 7) is 4.06. The van der Waals surface area contributed by atoms with Crippen LogP contribution in [-0.4, -0.2) is 12.1 Å². The van der Waals surface area contributed by atoms with E-state index in [4.69, 9.17) is 4.74 Å². The van der Waals surface area contributed by atoms with Gasteiger partial charge in [-0.3, -0.25) is 4.98 Å². The summed E-state index contributed by atoms with van der Waals surface area (Å²) in [6, 6.07) is 10.2. The van der Waals surface area contributed by atoms with E-state index in [0.717, 1.165) is 34.0 Å². The summed E-state index contributed by atoms with van der Waals surface area (Å²) in [5, 5.41) is 0. The molecule has 1 aromatic heterocycles. The van der Waals surface area contributed by atoms with Crippen LogP contribution in [0.25, 0.3) is 11.3 Å². The fraction of sp³-hybridized carbons (Fsp3) is 0.267. The van der Waals surface area contributed by atoms with Gasteiger partial charge in [0.25, 0.3) is 0 Å². The molecule has 2 nitrogen and oxygen atoms in total. The first-order valence-electron chi connectivity index (χ1n) is 5.88. The zero-order valence-electron chi connectivity index (χ0n) is 10.9. The number of methoxy groups -OCH3 is 1. The average molecular weight is 259 g/mol. The fourth-order valence-electron chi connectivity index (χ4n) is 1.96. The van der Waals surface area contributed by atoms with Crippen LogP contribution >= 0.6 is 12.6 Å². The van der Waals surface area contributed by atoms with Crippen LogP contribution in [0.3, 0.4) is 0 Å². The van der Waals surface area contributed by atoms with Gasteiger partial charge in [0.2, 0.25) is 0 Å². The zero-order chi connectivity index (χ0) is 13.1. The number of hydrogen-bond donors (Lipinski definition) is 1. The van der Waals surface area contributed by atoms with Crippen molar-refractivity contribution in [1.29, 1.82) is 0 Å². The summed E-state index contributed by atoms with van der Waals surface area (Å²) < 4.78 is 5.27. The molecule has 0 N–H and O–H groups in total.